The van der Waals surface area contributed by atoms with Crippen molar-refractivity contribution in [2.24, 2.45) is 0 Å². The highest BCUT2D eigenvalue weighted by Gasteiger charge is 2.01. The van der Waals surface area contributed by atoms with Gasteiger partial charge in [-0.05, 0) is 11.6 Å². The molecule has 0 atom stereocenters. The number of benzene rings is 1. The average Bonchev–Trinajstić information content (AvgIpc) is 2.44. The van der Waals surface area contributed by atoms with E-state index in [1.807, 2.05) is 30.3 Å². The molecule has 98 valence electrons. The van der Waals surface area contributed by atoms with Crippen molar-refractivity contribution in [3.63, 3.8) is 0 Å². The maximum Gasteiger partial charge on any atom is 0.239 e. The van der Waals surface area contributed by atoms with Crippen LogP contribution in [0.5, 0.6) is 0 Å². The normalized spacial score (nSPS) is 9.89. The first-order valence-corrected chi connectivity index (χ1v) is 6.00. The first kappa shape index (κ1) is 12.9. The van der Waals surface area contributed by atoms with Crippen LogP contribution in [0.2, 0.25) is 0 Å². The molecule has 0 saturated carbocycles. The van der Waals surface area contributed by atoms with Crippen LogP contribution in [-0.2, 0) is 11.3 Å². The number of nitrogens with two attached hydrogens (primary N) is 1. The highest BCUT2D eigenvalue weighted by atomic mass is 16.1. The monoisotopic (exact) mass is 256 g/mol. The van der Waals surface area contributed by atoms with Crippen LogP contribution < -0.4 is 16.4 Å². The fraction of sp³-hybridized carbons (Fsp3) is 0.143. The second-order valence-corrected chi connectivity index (χ2v) is 4.09. The van der Waals surface area contributed by atoms with Crippen LogP contribution in [0, 0.1) is 0 Å². The first-order chi connectivity index (χ1) is 9.24. The molecule has 1 heterocycles. The molecule has 2 aromatic rings. The van der Waals surface area contributed by atoms with Gasteiger partial charge in [0.1, 0.15) is 5.82 Å². The highest BCUT2D eigenvalue weighted by Crippen LogP contribution is 2.06. The number of pyridine rings is 1. The Morgan fingerprint density at radius 2 is 2.00 bits per heavy atom. The summed E-state index contributed by atoms with van der Waals surface area (Å²) >= 11 is 0. The van der Waals surface area contributed by atoms with Gasteiger partial charge in [0.25, 0.3) is 0 Å². The van der Waals surface area contributed by atoms with Gasteiger partial charge in [0.2, 0.25) is 5.91 Å². The first-order valence-electron chi connectivity index (χ1n) is 6.00. The summed E-state index contributed by atoms with van der Waals surface area (Å²) in [6.45, 7) is 0.689. The third-order valence-corrected chi connectivity index (χ3v) is 2.55. The second-order valence-electron chi connectivity index (χ2n) is 4.09. The molecule has 2 rings (SSSR count). The lowest BCUT2D eigenvalue weighted by Gasteiger charge is -2.07. The predicted octanol–water partition coefficient (Wildman–Crippen LogP) is 1.39. The summed E-state index contributed by atoms with van der Waals surface area (Å²) in [6.07, 6.45) is 1.60. The molecule has 0 aliphatic heterocycles. The molecule has 0 aliphatic carbocycles. The fourth-order valence-electron chi connectivity index (χ4n) is 1.57. The van der Waals surface area contributed by atoms with Gasteiger partial charge in [0.05, 0.1) is 6.54 Å². The van der Waals surface area contributed by atoms with E-state index in [0.29, 0.717) is 18.1 Å². The molecule has 0 fully saturated rings. The molecule has 0 spiro atoms. The molecule has 5 nitrogen and oxygen atoms in total. The van der Waals surface area contributed by atoms with Crippen LogP contribution in [-0.4, -0.2) is 17.4 Å². The topological polar surface area (TPSA) is 80.0 Å². The van der Waals surface area contributed by atoms with Gasteiger partial charge >= 0.3 is 0 Å². The Hall–Kier alpha value is -2.56. The Morgan fingerprint density at radius 3 is 2.74 bits per heavy atom. The molecule has 0 radical (unpaired) electrons. The number of nitrogens with one attached hydrogen (secondary N) is 2. The molecule has 1 aromatic heterocycles. The van der Waals surface area contributed by atoms with Crippen LogP contribution in [0.15, 0.2) is 48.7 Å². The average molecular weight is 256 g/mol. The molecule has 19 heavy (non-hydrogen) atoms. The Kier molecular flexibility index (Phi) is 4.34. The number of aromatic nitrogens is 1. The third kappa shape index (κ3) is 4.31. The van der Waals surface area contributed by atoms with E-state index in [-0.39, 0.29) is 12.5 Å². The lowest BCUT2D eigenvalue weighted by Crippen LogP contribution is -2.29. The number of amides is 1. The lowest BCUT2D eigenvalue weighted by atomic mass is 10.2. The van der Waals surface area contributed by atoms with Crippen molar-refractivity contribution in [1.29, 1.82) is 0 Å². The van der Waals surface area contributed by atoms with Crippen molar-refractivity contribution in [3.05, 3.63) is 54.2 Å². The van der Waals surface area contributed by atoms with Gasteiger partial charge in [-0.1, -0.05) is 30.3 Å². The summed E-state index contributed by atoms with van der Waals surface area (Å²) in [6, 6.07) is 13.1. The SMILES string of the molecule is Nc1ccnc(NCC(=O)NCc2ccccc2)c1. The minimum Gasteiger partial charge on any atom is -0.399 e. The largest absolute Gasteiger partial charge is 0.399 e. The summed E-state index contributed by atoms with van der Waals surface area (Å²) in [5, 5.41) is 5.74. The maximum absolute atomic E-state index is 11.6. The van der Waals surface area contributed by atoms with E-state index >= 15 is 0 Å². The van der Waals surface area contributed by atoms with E-state index in [9.17, 15) is 4.79 Å². The van der Waals surface area contributed by atoms with E-state index in [1.54, 1.807) is 18.3 Å². The second kappa shape index (κ2) is 6.39. The number of anilines is 2. The minimum atomic E-state index is -0.0897. The summed E-state index contributed by atoms with van der Waals surface area (Å²) < 4.78 is 0. The van der Waals surface area contributed by atoms with Gasteiger partial charge in [0, 0.05) is 24.5 Å². The molecule has 1 amide bonds. The summed E-state index contributed by atoms with van der Waals surface area (Å²) in [5.74, 6) is 0.503. The quantitative estimate of drug-likeness (QED) is 0.755. The number of hydrogen-bond acceptors (Lipinski definition) is 4. The molecule has 0 saturated heterocycles. The third-order valence-electron chi connectivity index (χ3n) is 2.55. The molecule has 4 N–H and O–H groups in total. The van der Waals surface area contributed by atoms with Crippen molar-refractivity contribution in [2.45, 2.75) is 6.54 Å². The minimum absolute atomic E-state index is 0.0897. The van der Waals surface area contributed by atoms with E-state index < -0.39 is 0 Å². The van der Waals surface area contributed by atoms with Crippen LogP contribution in [0.3, 0.4) is 0 Å². The number of rotatable bonds is 5. The smallest absolute Gasteiger partial charge is 0.239 e. The van der Waals surface area contributed by atoms with Crippen LogP contribution in [0.1, 0.15) is 5.56 Å². The molecule has 0 aliphatic rings. The number of carbonyl (C=O) groups excluding carboxylic acids is 1. The molecular weight excluding hydrogens is 240 g/mol. The van der Waals surface area contributed by atoms with Crippen molar-refractivity contribution in [3.8, 4) is 0 Å². The van der Waals surface area contributed by atoms with Crippen LogP contribution in [0.4, 0.5) is 11.5 Å². The zero-order valence-electron chi connectivity index (χ0n) is 10.5. The van der Waals surface area contributed by atoms with E-state index in [1.165, 1.54) is 0 Å². The van der Waals surface area contributed by atoms with Gasteiger partial charge in [-0.3, -0.25) is 4.79 Å². The summed E-state index contributed by atoms with van der Waals surface area (Å²) in [5.41, 5.74) is 7.30. The molecule has 0 bridgehead atoms. The fourth-order valence-corrected chi connectivity index (χ4v) is 1.57. The van der Waals surface area contributed by atoms with Gasteiger partial charge in [0.15, 0.2) is 0 Å². The number of hydrogen-bond donors (Lipinski definition) is 3. The van der Waals surface area contributed by atoms with Gasteiger partial charge in [-0.15, -0.1) is 0 Å². The number of nitrogens with zero attached hydrogens (tertiary/aromatic N) is 1. The Labute approximate surface area is 111 Å². The predicted molar refractivity (Wildman–Crippen MR) is 75.4 cm³/mol. The Morgan fingerprint density at radius 1 is 1.21 bits per heavy atom. The standard InChI is InChI=1S/C14H16N4O/c15-12-6-7-16-13(8-12)17-10-14(19)18-9-11-4-2-1-3-5-11/h1-8H,9-10H2,(H,18,19)(H3,15,16,17). The number of nitrogen functional groups attached to an aromatic ring is 1. The highest BCUT2D eigenvalue weighted by molar-refractivity contribution is 5.80. The van der Waals surface area contributed by atoms with Crippen molar-refractivity contribution in [1.82, 2.24) is 10.3 Å². The van der Waals surface area contributed by atoms with Crippen molar-refractivity contribution in [2.75, 3.05) is 17.6 Å². The van der Waals surface area contributed by atoms with E-state index in [4.69, 9.17) is 5.73 Å². The van der Waals surface area contributed by atoms with Gasteiger partial charge in [-0.25, -0.2) is 4.98 Å². The Balaban J connectivity index is 1.76. The maximum atomic E-state index is 11.6. The van der Waals surface area contributed by atoms with Crippen LogP contribution in [0.25, 0.3) is 0 Å². The van der Waals surface area contributed by atoms with Crippen molar-refractivity contribution < 1.29 is 4.79 Å². The molecule has 0 unspecified atom stereocenters. The zero-order valence-corrected chi connectivity index (χ0v) is 10.5. The van der Waals surface area contributed by atoms with E-state index in [2.05, 4.69) is 15.6 Å². The number of carbonyl (C=O) groups is 1. The molecular formula is C14H16N4O. The lowest BCUT2D eigenvalue weighted by molar-refractivity contribution is -0.119. The Bertz CT molecular complexity index is 542. The molecule has 5 heteroatoms. The van der Waals surface area contributed by atoms with Gasteiger partial charge in [-0.2, -0.15) is 0 Å². The van der Waals surface area contributed by atoms with Crippen LogP contribution >= 0.6 is 0 Å². The summed E-state index contributed by atoms with van der Waals surface area (Å²) in [4.78, 5) is 15.7. The molecule has 1 aromatic carbocycles. The zero-order chi connectivity index (χ0) is 13.5. The van der Waals surface area contributed by atoms with E-state index in [0.717, 1.165) is 5.56 Å². The summed E-state index contributed by atoms with van der Waals surface area (Å²) in [7, 11) is 0. The van der Waals surface area contributed by atoms with Crippen molar-refractivity contribution >= 4 is 17.4 Å². The van der Waals surface area contributed by atoms with Gasteiger partial charge < -0.3 is 16.4 Å².